The first-order valence-corrected chi connectivity index (χ1v) is 14.9. The molecule has 8 heteroatoms. The number of ether oxygens (including phenoxy) is 1. The predicted molar refractivity (Wildman–Crippen MR) is 157 cm³/mol. The van der Waals surface area contributed by atoms with Crippen LogP contribution in [0.1, 0.15) is 64.9 Å². The van der Waals surface area contributed by atoms with Crippen LogP contribution in [0, 0.1) is 28.6 Å². The summed E-state index contributed by atoms with van der Waals surface area (Å²) in [7, 11) is 0. The Labute approximate surface area is 241 Å². The SMILES string of the molecule is CC(=O)O[C@H]1C[C@@]2(C)[C@@H](C[C@H](N)[C@H]3[C@@]4(C)CC[C@@H](O)[C@@H](N)[C@@H]4CC[C@@]32N)/C1=C(/C(=O)O)c1ccc2ccccc2c1. The molecule has 0 bridgehead atoms. The van der Waals surface area contributed by atoms with Gasteiger partial charge in [-0.05, 0) is 95.1 Å². The van der Waals surface area contributed by atoms with Gasteiger partial charge in [0, 0.05) is 24.5 Å². The van der Waals surface area contributed by atoms with E-state index in [0.29, 0.717) is 36.8 Å². The van der Waals surface area contributed by atoms with Gasteiger partial charge in [-0.3, -0.25) is 4.79 Å². The number of esters is 1. The molecule has 0 aromatic heterocycles. The Morgan fingerprint density at radius 2 is 1.73 bits per heavy atom. The zero-order valence-corrected chi connectivity index (χ0v) is 24.2. The summed E-state index contributed by atoms with van der Waals surface area (Å²) >= 11 is 0. The summed E-state index contributed by atoms with van der Waals surface area (Å²) in [6.07, 6.45) is 2.56. The van der Waals surface area contributed by atoms with Gasteiger partial charge in [-0.15, -0.1) is 0 Å². The number of nitrogens with two attached hydrogens (primary N) is 3. The predicted octanol–water partition coefficient (Wildman–Crippen LogP) is 3.58. The highest BCUT2D eigenvalue weighted by Gasteiger charge is 2.71. The second-order valence-corrected chi connectivity index (χ2v) is 13.7. The van der Waals surface area contributed by atoms with Gasteiger partial charge < -0.3 is 32.2 Å². The summed E-state index contributed by atoms with van der Waals surface area (Å²) in [6, 6.07) is 12.9. The van der Waals surface area contributed by atoms with E-state index in [1.165, 1.54) is 6.92 Å². The van der Waals surface area contributed by atoms with Crippen LogP contribution >= 0.6 is 0 Å². The smallest absolute Gasteiger partial charge is 0.336 e. The Kier molecular flexibility index (Phi) is 6.66. The van der Waals surface area contributed by atoms with E-state index in [-0.39, 0.29) is 40.8 Å². The van der Waals surface area contributed by atoms with Crippen molar-refractivity contribution in [1.29, 1.82) is 0 Å². The lowest BCUT2D eigenvalue weighted by Gasteiger charge is -2.68. The molecule has 220 valence electrons. The fourth-order valence-corrected chi connectivity index (χ4v) is 10.0. The van der Waals surface area contributed by atoms with Crippen molar-refractivity contribution in [3.8, 4) is 0 Å². The number of aliphatic hydroxyl groups excluding tert-OH is 1. The number of hydrogen-bond donors (Lipinski definition) is 5. The summed E-state index contributed by atoms with van der Waals surface area (Å²) in [4.78, 5) is 25.5. The van der Waals surface area contributed by atoms with Crippen LogP contribution in [0.5, 0.6) is 0 Å². The molecule has 6 rings (SSSR count). The molecule has 0 aliphatic heterocycles. The minimum Gasteiger partial charge on any atom is -0.478 e. The van der Waals surface area contributed by atoms with E-state index < -0.39 is 35.1 Å². The fraction of sp³-hybridized carbons (Fsp3) is 0.576. The molecule has 0 unspecified atom stereocenters. The van der Waals surface area contributed by atoms with E-state index in [1.807, 2.05) is 42.5 Å². The topological polar surface area (TPSA) is 162 Å². The second kappa shape index (κ2) is 9.63. The largest absolute Gasteiger partial charge is 0.478 e. The monoisotopic (exact) mass is 561 g/mol. The van der Waals surface area contributed by atoms with Crippen LogP contribution in [0.2, 0.25) is 0 Å². The molecule has 2 aromatic rings. The maximum Gasteiger partial charge on any atom is 0.336 e. The minimum absolute atomic E-state index is 0.0696. The Balaban J connectivity index is 1.52. The summed E-state index contributed by atoms with van der Waals surface area (Å²) in [5.74, 6) is -1.75. The normalized spacial score (nSPS) is 43.0. The van der Waals surface area contributed by atoms with Crippen molar-refractivity contribution in [2.45, 2.75) is 89.1 Å². The van der Waals surface area contributed by atoms with E-state index in [9.17, 15) is 19.8 Å². The van der Waals surface area contributed by atoms with Crippen LogP contribution in [0.3, 0.4) is 0 Å². The molecule has 0 heterocycles. The zero-order chi connectivity index (χ0) is 29.5. The summed E-state index contributed by atoms with van der Waals surface area (Å²) < 4.78 is 5.93. The second-order valence-electron chi connectivity index (χ2n) is 13.7. The maximum atomic E-state index is 13.1. The van der Waals surface area contributed by atoms with Crippen molar-refractivity contribution in [2.24, 2.45) is 45.8 Å². The van der Waals surface area contributed by atoms with Crippen LogP contribution in [0.25, 0.3) is 16.3 Å². The van der Waals surface area contributed by atoms with Gasteiger partial charge >= 0.3 is 11.9 Å². The molecule has 8 N–H and O–H groups in total. The summed E-state index contributed by atoms with van der Waals surface area (Å²) in [5.41, 5.74) is 21.1. The highest BCUT2D eigenvalue weighted by Crippen LogP contribution is 2.69. The van der Waals surface area contributed by atoms with E-state index in [4.69, 9.17) is 21.9 Å². The number of fused-ring (bicyclic) bond motifs is 6. The lowest BCUT2D eigenvalue weighted by Crippen LogP contribution is -2.76. The maximum absolute atomic E-state index is 13.1. The van der Waals surface area contributed by atoms with Crippen molar-refractivity contribution in [1.82, 2.24) is 0 Å². The van der Waals surface area contributed by atoms with E-state index in [1.54, 1.807) is 0 Å². The summed E-state index contributed by atoms with van der Waals surface area (Å²) in [5, 5.41) is 23.3. The van der Waals surface area contributed by atoms with Crippen molar-refractivity contribution in [3.05, 3.63) is 53.6 Å². The highest BCUT2D eigenvalue weighted by molar-refractivity contribution is 6.17. The quantitative estimate of drug-likeness (QED) is 0.281. The molecule has 2 aromatic carbocycles. The van der Waals surface area contributed by atoms with Gasteiger partial charge in [0.15, 0.2) is 0 Å². The van der Waals surface area contributed by atoms with Crippen LogP contribution in [0.4, 0.5) is 0 Å². The number of hydrogen-bond acceptors (Lipinski definition) is 7. The molecule has 0 amide bonds. The lowest BCUT2D eigenvalue weighted by atomic mass is 9.39. The lowest BCUT2D eigenvalue weighted by molar-refractivity contribution is -0.160. The van der Waals surface area contributed by atoms with Gasteiger partial charge in [0.2, 0.25) is 0 Å². The molecule has 10 atom stereocenters. The molecule has 4 aliphatic rings. The molecular formula is C33H43N3O5. The van der Waals surface area contributed by atoms with E-state index in [0.717, 1.165) is 23.6 Å². The number of aliphatic carboxylic acids is 1. The number of aliphatic hydroxyl groups is 1. The van der Waals surface area contributed by atoms with Gasteiger partial charge in [-0.2, -0.15) is 0 Å². The first-order chi connectivity index (χ1) is 19.3. The molecule has 8 nitrogen and oxygen atoms in total. The molecule has 0 spiro atoms. The van der Waals surface area contributed by atoms with Gasteiger partial charge in [0.25, 0.3) is 0 Å². The van der Waals surface area contributed by atoms with Gasteiger partial charge in [-0.1, -0.05) is 50.2 Å². The molecule has 0 saturated heterocycles. The average Bonchev–Trinajstić information content (AvgIpc) is 3.17. The highest BCUT2D eigenvalue weighted by atomic mass is 16.5. The van der Waals surface area contributed by atoms with Crippen LogP contribution in [-0.4, -0.2) is 52.0 Å². The third-order valence-electron chi connectivity index (χ3n) is 11.8. The Morgan fingerprint density at radius 3 is 2.41 bits per heavy atom. The number of carboxylic acid groups (broad SMARTS) is 1. The molecule has 4 saturated carbocycles. The van der Waals surface area contributed by atoms with Crippen molar-refractivity contribution in [3.63, 3.8) is 0 Å². The third kappa shape index (κ3) is 4.02. The van der Waals surface area contributed by atoms with Crippen LogP contribution in [-0.2, 0) is 14.3 Å². The first-order valence-electron chi connectivity index (χ1n) is 14.9. The first kappa shape index (κ1) is 28.3. The Morgan fingerprint density at radius 1 is 1.02 bits per heavy atom. The van der Waals surface area contributed by atoms with Crippen molar-refractivity contribution < 1.29 is 24.5 Å². The van der Waals surface area contributed by atoms with Gasteiger partial charge in [0.05, 0.1) is 11.7 Å². The van der Waals surface area contributed by atoms with Crippen LogP contribution < -0.4 is 17.2 Å². The van der Waals surface area contributed by atoms with E-state index >= 15 is 0 Å². The minimum atomic E-state index is -1.05. The van der Waals surface area contributed by atoms with Crippen molar-refractivity contribution >= 4 is 28.3 Å². The Bertz CT molecular complexity index is 1440. The third-order valence-corrected chi connectivity index (χ3v) is 11.8. The standard InChI is InChI=1S/C33H43N3O5/c1-17(37)41-25-16-32(3)22(27(25)26(30(39)40)20-9-8-18-6-4-5-7-19(18)14-20)15-23(34)29-31(2)12-11-24(38)28(35)21(31)10-13-33(29,32)36/h4-9,14,21-25,28-29,38H,10-13,15-16,34-36H2,1-3H3,(H,39,40)/b27-26-/t21-,22-,23-,24+,25-,28-,29-,31-,32-,33+/m0/s1. The molecule has 4 aliphatic carbocycles. The Hall–Kier alpha value is -2.78. The molecular weight excluding hydrogens is 518 g/mol. The average molecular weight is 562 g/mol. The number of benzene rings is 2. The number of carbonyl (C=O) groups excluding carboxylic acids is 1. The van der Waals surface area contributed by atoms with Crippen molar-refractivity contribution in [2.75, 3.05) is 0 Å². The van der Waals surface area contributed by atoms with Gasteiger partial charge in [-0.25, -0.2) is 4.79 Å². The van der Waals surface area contributed by atoms with Crippen LogP contribution in [0.15, 0.2) is 48.0 Å². The number of carboxylic acids is 1. The molecule has 4 fully saturated rings. The van der Waals surface area contributed by atoms with Gasteiger partial charge in [0.1, 0.15) is 6.10 Å². The number of carbonyl (C=O) groups is 2. The summed E-state index contributed by atoms with van der Waals surface area (Å²) in [6.45, 7) is 5.76. The number of rotatable bonds is 3. The molecule has 0 radical (unpaired) electrons. The fourth-order valence-electron chi connectivity index (χ4n) is 10.0. The zero-order valence-electron chi connectivity index (χ0n) is 24.2. The molecule has 41 heavy (non-hydrogen) atoms. The van der Waals surface area contributed by atoms with E-state index in [2.05, 4.69) is 13.8 Å².